The zero-order chi connectivity index (χ0) is 19.8. The Labute approximate surface area is 172 Å². The van der Waals surface area contributed by atoms with Crippen LogP contribution in [0.4, 0.5) is 5.69 Å². The van der Waals surface area contributed by atoms with Gasteiger partial charge in [-0.05, 0) is 30.5 Å². The molecule has 2 aromatic carbocycles. The number of anilines is 1. The monoisotopic (exact) mass is 411 g/mol. The standard InChI is InChI=1S/C22H21NO3S2/c1-16-9-11-18(12-10-16)23-22(25)21(17-6-3-2-4-7-17)26-20(24)15-27-14-19-8-5-13-28-19/h2-13,21H,14-15H2,1H3,(H,23,25)/t21-/m0/s1. The predicted molar refractivity (Wildman–Crippen MR) is 116 cm³/mol. The van der Waals surface area contributed by atoms with Gasteiger partial charge in [0.2, 0.25) is 6.10 Å². The van der Waals surface area contributed by atoms with Crippen molar-refractivity contribution >= 4 is 40.7 Å². The Hall–Kier alpha value is -2.57. The predicted octanol–water partition coefficient (Wildman–Crippen LogP) is 5.21. The molecule has 0 aliphatic rings. The maximum Gasteiger partial charge on any atom is 0.317 e. The lowest BCUT2D eigenvalue weighted by Crippen LogP contribution is -2.26. The molecule has 4 nitrogen and oxygen atoms in total. The van der Waals surface area contributed by atoms with E-state index in [0.717, 1.165) is 11.3 Å². The van der Waals surface area contributed by atoms with Gasteiger partial charge in [-0.3, -0.25) is 9.59 Å². The van der Waals surface area contributed by atoms with E-state index in [1.165, 1.54) is 16.6 Å². The number of hydrogen-bond acceptors (Lipinski definition) is 5. The summed E-state index contributed by atoms with van der Waals surface area (Å²) in [7, 11) is 0. The van der Waals surface area contributed by atoms with E-state index in [-0.39, 0.29) is 11.7 Å². The largest absolute Gasteiger partial charge is 0.447 e. The molecule has 0 saturated carbocycles. The number of amides is 1. The van der Waals surface area contributed by atoms with E-state index >= 15 is 0 Å². The molecule has 0 spiro atoms. The highest BCUT2D eigenvalue weighted by Crippen LogP contribution is 2.22. The number of rotatable bonds is 8. The molecule has 1 N–H and O–H groups in total. The van der Waals surface area contributed by atoms with E-state index in [9.17, 15) is 9.59 Å². The minimum Gasteiger partial charge on any atom is -0.447 e. The average molecular weight is 412 g/mol. The molecule has 0 fully saturated rings. The second kappa shape index (κ2) is 10.1. The van der Waals surface area contributed by atoms with Crippen LogP contribution in [0.3, 0.4) is 0 Å². The SMILES string of the molecule is Cc1ccc(NC(=O)[C@@H](OC(=O)CSCc2cccs2)c2ccccc2)cc1. The lowest BCUT2D eigenvalue weighted by molar-refractivity contribution is -0.152. The molecular formula is C22H21NO3S2. The Kier molecular flexibility index (Phi) is 7.28. The lowest BCUT2D eigenvalue weighted by atomic mass is 10.1. The highest BCUT2D eigenvalue weighted by Gasteiger charge is 2.25. The topological polar surface area (TPSA) is 55.4 Å². The van der Waals surface area contributed by atoms with Crippen LogP contribution in [-0.2, 0) is 20.1 Å². The summed E-state index contributed by atoms with van der Waals surface area (Å²) in [4.78, 5) is 26.3. The van der Waals surface area contributed by atoms with Crippen molar-refractivity contribution < 1.29 is 14.3 Å². The zero-order valence-corrected chi connectivity index (χ0v) is 17.1. The van der Waals surface area contributed by atoms with Crippen LogP contribution in [0.5, 0.6) is 0 Å². The first kappa shape index (κ1) is 20.2. The first-order chi connectivity index (χ1) is 13.6. The average Bonchev–Trinajstić information content (AvgIpc) is 3.22. The lowest BCUT2D eigenvalue weighted by Gasteiger charge is -2.18. The number of esters is 1. The van der Waals surface area contributed by atoms with Crippen LogP contribution in [0, 0.1) is 6.92 Å². The zero-order valence-electron chi connectivity index (χ0n) is 15.5. The van der Waals surface area contributed by atoms with Gasteiger partial charge in [-0.2, -0.15) is 0 Å². The molecule has 1 heterocycles. The molecule has 3 aromatic rings. The Balaban J connectivity index is 1.63. The third-order valence-electron chi connectivity index (χ3n) is 3.95. The summed E-state index contributed by atoms with van der Waals surface area (Å²) < 4.78 is 5.55. The fourth-order valence-electron chi connectivity index (χ4n) is 2.54. The van der Waals surface area contributed by atoms with Crippen molar-refractivity contribution in [3.8, 4) is 0 Å². The van der Waals surface area contributed by atoms with Gasteiger partial charge in [-0.25, -0.2) is 0 Å². The Morgan fingerprint density at radius 2 is 1.79 bits per heavy atom. The van der Waals surface area contributed by atoms with Crippen LogP contribution in [0.25, 0.3) is 0 Å². The number of benzene rings is 2. The van der Waals surface area contributed by atoms with E-state index in [1.807, 2.05) is 66.9 Å². The molecule has 0 saturated heterocycles. The Morgan fingerprint density at radius 3 is 2.46 bits per heavy atom. The van der Waals surface area contributed by atoms with Crippen LogP contribution in [0.15, 0.2) is 72.1 Å². The van der Waals surface area contributed by atoms with Gasteiger partial charge in [0.15, 0.2) is 0 Å². The summed E-state index contributed by atoms with van der Waals surface area (Å²) in [6.07, 6.45) is -0.989. The van der Waals surface area contributed by atoms with Crippen molar-refractivity contribution in [2.45, 2.75) is 18.8 Å². The molecule has 1 amide bonds. The molecule has 3 rings (SSSR count). The van der Waals surface area contributed by atoms with Crippen LogP contribution in [0.2, 0.25) is 0 Å². The van der Waals surface area contributed by atoms with E-state index in [4.69, 9.17) is 4.74 Å². The molecule has 0 radical (unpaired) electrons. The van der Waals surface area contributed by atoms with Crippen LogP contribution in [0.1, 0.15) is 22.1 Å². The first-order valence-electron chi connectivity index (χ1n) is 8.84. The molecule has 6 heteroatoms. The van der Waals surface area contributed by atoms with Gasteiger partial charge in [-0.1, -0.05) is 54.1 Å². The smallest absolute Gasteiger partial charge is 0.317 e. The molecule has 144 valence electrons. The molecule has 0 aliphatic carbocycles. The second-order valence-electron chi connectivity index (χ2n) is 6.21. The first-order valence-corrected chi connectivity index (χ1v) is 10.9. The molecule has 0 aliphatic heterocycles. The molecular weight excluding hydrogens is 390 g/mol. The number of thioether (sulfide) groups is 1. The third-order valence-corrected chi connectivity index (χ3v) is 5.97. The highest BCUT2D eigenvalue weighted by molar-refractivity contribution is 7.99. The van der Waals surface area contributed by atoms with E-state index in [0.29, 0.717) is 11.3 Å². The summed E-state index contributed by atoms with van der Waals surface area (Å²) in [6, 6.07) is 20.6. The van der Waals surface area contributed by atoms with Gasteiger partial charge in [0.25, 0.3) is 5.91 Å². The number of hydrogen-bond donors (Lipinski definition) is 1. The third kappa shape index (κ3) is 5.97. The van der Waals surface area contributed by atoms with Crippen LogP contribution < -0.4 is 5.32 Å². The van der Waals surface area contributed by atoms with Crippen molar-refractivity contribution in [1.29, 1.82) is 0 Å². The van der Waals surface area contributed by atoms with Crippen molar-refractivity contribution in [3.05, 3.63) is 88.1 Å². The number of nitrogens with one attached hydrogen (secondary N) is 1. The number of carbonyl (C=O) groups excluding carboxylic acids is 2. The fraction of sp³-hybridized carbons (Fsp3) is 0.182. The number of carbonyl (C=O) groups is 2. The van der Waals surface area contributed by atoms with Crippen molar-refractivity contribution in [1.82, 2.24) is 0 Å². The maximum atomic E-state index is 12.8. The van der Waals surface area contributed by atoms with Gasteiger partial charge in [-0.15, -0.1) is 23.1 Å². The fourth-order valence-corrected chi connectivity index (χ4v) is 4.19. The molecule has 0 unspecified atom stereocenters. The van der Waals surface area contributed by atoms with E-state index < -0.39 is 12.1 Å². The van der Waals surface area contributed by atoms with Crippen LogP contribution >= 0.6 is 23.1 Å². The van der Waals surface area contributed by atoms with E-state index in [2.05, 4.69) is 5.32 Å². The minimum atomic E-state index is -0.989. The summed E-state index contributed by atoms with van der Waals surface area (Å²) in [5.74, 6) is 0.165. The Morgan fingerprint density at radius 1 is 1.04 bits per heavy atom. The van der Waals surface area contributed by atoms with Gasteiger partial charge in [0.1, 0.15) is 0 Å². The molecule has 28 heavy (non-hydrogen) atoms. The van der Waals surface area contributed by atoms with E-state index in [1.54, 1.807) is 23.5 Å². The Bertz CT molecular complexity index is 893. The highest BCUT2D eigenvalue weighted by atomic mass is 32.2. The summed E-state index contributed by atoms with van der Waals surface area (Å²) in [5, 5.41) is 4.84. The summed E-state index contributed by atoms with van der Waals surface area (Å²) >= 11 is 3.13. The normalized spacial score (nSPS) is 11.6. The van der Waals surface area contributed by atoms with Gasteiger partial charge in [0.05, 0.1) is 5.75 Å². The van der Waals surface area contributed by atoms with Crippen LogP contribution in [-0.4, -0.2) is 17.6 Å². The summed E-state index contributed by atoms with van der Waals surface area (Å²) in [6.45, 7) is 1.98. The molecule has 1 atom stereocenters. The van der Waals surface area contributed by atoms with Crippen molar-refractivity contribution in [2.24, 2.45) is 0 Å². The number of aryl methyl sites for hydroxylation is 1. The minimum absolute atomic E-state index is 0.193. The number of thiophene rings is 1. The second-order valence-corrected chi connectivity index (χ2v) is 8.23. The van der Waals surface area contributed by atoms with Crippen molar-refractivity contribution in [2.75, 3.05) is 11.1 Å². The van der Waals surface area contributed by atoms with Crippen molar-refractivity contribution in [3.63, 3.8) is 0 Å². The molecule has 1 aromatic heterocycles. The summed E-state index contributed by atoms with van der Waals surface area (Å²) in [5.41, 5.74) is 2.41. The van der Waals surface area contributed by atoms with Gasteiger partial charge >= 0.3 is 5.97 Å². The van der Waals surface area contributed by atoms with Gasteiger partial charge in [0, 0.05) is 21.9 Å². The number of ether oxygens (including phenoxy) is 1. The van der Waals surface area contributed by atoms with Gasteiger partial charge < -0.3 is 10.1 Å². The quantitative estimate of drug-likeness (QED) is 0.517. The maximum absolute atomic E-state index is 12.8. The molecule has 0 bridgehead atoms.